The molecule has 1 N–H and O–H groups in total. The monoisotopic (exact) mass is 371 g/mol. The van der Waals surface area contributed by atoms with Gasteiger partial charge in [-0.2, -0.15) is 0 Å². The Morgan fingerprint density at radius 2 is 1.89 bits per heavy atom. The summed E-state index contributed by atoms with van der Waals surface area (Å²) >= 11 is 0. The first kappa shape index (κ1) is 18.9. The summed E-state index contributed by atoms with van der Waals surface area (Å²) in [7, 11) is 1.78. The average molecular weight is 371 g/mol. The number of benzene rings is 2. The summed E-state index contributed by atoms with van der Waals surface area (Å²) in [5, 5.41) is 2.84. The summed E-state index contributed by atoms with van der Waals surface area (Å²) < 4.78 is 1.68. The van der Waals surface area contributed by atoms with Crippen molar-refractivity contribution < 1.29 is 11.0 Å². The molecule has 5 nitrogen and oxygen atoms in total. The van der Waals surface area contributed by atoms with Gasteiger partial charge in [0.25, 0.3) is 0 Å². The molecule has 0 saturated heterocycles. The van der Waals surface area contributed by atoms with Crippen molar-refractivity contribution in [2.75, 3.05) is 5.32 Å². The van der Waals surface area contributed by atoms with Gasteiger partial charge in [-0.3, -0.25) is 9.59 Å². The van der Waals surface area contributed by atoms with Gasteiger partial charge >= 0.3 is 0 Å². The average Bonchev–Trinajstić information content (AvgIpc) is 3.14. The molecule has 1 aromatic heterocycles. The van der Waals surface area contributed by atoms with Crippen molar-refractivity contribution >= 4 is 23.5 Å². The maximum absolute atomic E-state index is 12.2. The van der Waals surface area contributed by atoms with Gasteiger partial charge in [-0.25, -0.2) is 4.98 Å². The third-order valence-electron chi connectivity index (χ3n) is 4.15. The number of rotatable bonds is 6. The van der Waals surface area contributed by atoms with E-state index in [1.54, 1.807) is 54.3 Å². The van der Waals surface area contributed by atoms with E-state index in [4.69, 9.17) is 6.42 Å². The molecule has 1 amide bonds. The fraction of sp³-hybridized carbons (Fsp3) is 0.0870. The molecule has 140 valence electrons. The van der Waals surface area contributed by atoms with Crippen LogP contribution in [0.2, 0.25) is 0 Å². The predicted octanol–water partition coefficient (Wildman–Crippen LogP) is 3.72. The van der Waals surface area contributed by atoms with Crippen molar-refractivity contribution in [2.45, 2.75) is 6.42 Å². The molecule has 5 heteroatoms. The van der Waals surface area contributed by atoms with Crippen LogP contribution in [0.1, 0.15) is 28.7 Å². The molecule has 0 aliphatic carbocycles. The number of anilines is 1. The molecule has 0 aliphatic heterocycles. The number of ketones is 1. The molecule has 0 spiro atoms. The van der Waals surface area contributed by atoms with E-state index in [1.165, 1.54) is 6.08 Å². The van der Waals surface area contributed by atoms with Crippen LogP contribution in [0.5, 0.6) is 0 Å². The predicted molar refractivity (Wildman–Crippen MR) is 112 cm³/mol. The molecule has 0 fully saturated rings. The van der Waals surface area contributed by atoms with Crippen LogP contribution in [0.15, 0.2) is 67.0 Å². The van der Waals surface area contributed by atoms with Gasteiger partial charge in [-0.05, 0) is 41.5 Å². The molecule has 0 unspecified atom stereocenters. The lowest BCUT2D eigenvalue weighted by atomic mass is 10.1. The zero-order valence-electron chi connectivity index (χ0n) is 15.4. The summed E-state index contributed by atoms with van der Waals surface area (Å²) in [6, 6.07) is 14.6. The van der Waals surface area contributed by atoms with Gasteiger partial charge in [0.1, 0.15) is 0 Å². The molecule has 0 radical (unpaired) electrons. The Labute approximate surface area is 165 Å². The van der Waals surface area contributed by atoms with Gasteiger partial charge in [0.05, 0.1) is 6.42 Å². The highest BCUT2D eigenvalue weighted by Gasteiger charge is 2.07. The van der Waals surface area contributed by atoms with E-state index in [1.807, 2.05) is 24.3 Å². The first-order valence-corrected chi connectivity index (χ1v) is 8.70. The van der Waals surface area contributed by atoms with E-state index in [0.717, 1.165) is 16.7 Å². The number of amides is 1. The number of hydrogen-bond donors (Lipinski definition) is 1. The number of hydrogen-bond acceptors (Lipinski definition) is 3. The van der Waals surface area contributed by atoms with Crippen LogP contribution in [-0.4, -0.2) is 21.2 Å². The largest absolute Gasteiger partial charge is 0.331 e. The third kappa shape index (κ3) is 4.83. The lowest BCUT2D eigenvalue weighted by molar-refractivity contribution is -0.115. The molecule has 3 aromatic rings. The summed E-state index contributed by atoms with van der Waals surface area (Å²) in [6.45, 7) is 0. The van der Waals surface area contributed by atoms with Crippen LogP contribution >= 0.6 is 0 Å². The van der Waals surface area contributed by atoms with E-state index in [9.17, 15) is 9.59 Å². The molecule has 2 aromatic carbocycles. The van der Waals surface area contributed by atoms with Gasteiger partial charge in [-0.1, -0.05) is 36.3 Å². The smallest absolute Gasteiger partial charge is 0.228 e. The van der Waals surface area contributed by atoms with Crippen LogP contribution in [0.25, 0.3) is 6.08 Å². The highest BCUT2D eigenvalue weighted by molar-refractivity contribution is 6.04. The van der Waals surface area contributed by atoms with Crippen LogP contribution in [-0.2, 0) is 18.3 Å². The van der Waals surface area contributed by atoms with Crippen molar-refractivity contribution in [3.63, 3.8) is 0 Å². The number of aryl methyl sites for hydroxylation is 1. The second kappa shape index (κ2) is 8.65. The zero-order chi connectivity index (χ0) is 19.9. The number of carbonyl (C=O) groups excluding carboxylic acids is 2. The van der Waals surface area contributed by atoms with Crippen LogP contribution in [0.3, 0.4) is 0 Å². The van der Waals surface area contributed by atoms with E-state index >= 15 is 0 Å². The fourth-order valence-corrected chi connectivity index (χ4v) is 2.64. The standard InChI is InChI=1S/C23H19N3O2.H2/c1-3-17-8-11-20(12-9-17)25-22(28)16-19-6-4-18(5-7-19)10-13-21(27)23-24-14-15-26(23)2;/h1,4-15H,16H2,2H3,(H,25,28);1H/b13-10+;. The van der Waals surface area contributed by atoms with Crippen LogP contribution in [0.4, 0.5) is 5.69 Å². The maximum Gasteiger partial charge on any atom is 0.228 e. The lowest BCUT2D eigenvalue weighted by Gasteiger charge is -2.06. The van der Waals surface area contributed by atoms with Gasteiger partial charge in [0.15, 0.2) is 5.82 Å². The van der Waals surface area contributed by atoms with E-state index in [2.05, 4.69) is 16.2 Å². The molecule has 0 aliphatic rings. The highest BCUT2D eigenvalue weighted by atomic mass is 16.1. The number of allylic oxidation sites excluding steroid dienone is 1. The Morgan fingerprint density at radius 1 is 1.18 bits per heavy atom. The minimum absolute atomic E-state index is 0. The first-order valence-electron chi connectivity index (χ1n) is 8.70. The molecular formula is C23H21N3O2. The molecule has 0 atom stereocenters. The van der Waals surface area contributed by atoms with E-state index < -0.39 is 0 Å². The third-order valence-corrected chi connectivity index (χ3v) is 4.15. The normalized spacial score (nSPS) is 10.6. The Hall–Kier alpha value is -3.91. The minimum Gasteiger partial charge on any atom is -0.331 e. The highest BCUT2D eigenvalue weighted by Crippen LogP contribution is 2.11. The number of terminal acetylenes is 1. The zero-order valence-corrected chi connectivity index (χ0v) is 15.4. The second-order valence-electron chi connectivity index (χ2n) is 6.25. The molecule has 0 saturated carbocycles. The van der Waals surface area contributed by atoms with Crippen LogP contribution in [0, 0.1) is 12.3 Å². The molecule has 1 heterocycles. The van der Waals surface area contributed by atoms with E-state index in [0.29, 0.717) is 11.5 Å². The number of nitrogens with one attached hydrogen (secondary N) is 1. The summed E-state index contributed by atoms with van der Waals surface area (Å²) in [5.74, 6) is 2.66. The van der Waals surface area contributed by atoms with Crippen molar-refractivity contribution in [2.24, 2.45) is 7.05 Å². The number of carbonyl (C=O) groups is 2. The quantitative estimate of drug-likeness (QED) is 0.408. The number of aromatic nitrogens is 2. The van der Waals surface area contributed by atoms with Gasteiger partial charge in [0.2, 0.25) is 11.7 Å². The van der Waals surface area contributed by atoms with Crippen molar-refractivity contribution in [1.29, 1.82) is 0 Å². The maximum atomic E-state index is 12.2. The molecule has 0 bridgehead atoms. The van der Waals surface area contributed by atoms with Crippen molar-refractivity contribution in [3.8, 4) is 12.3 Å². The summed E-state index contributed by atoms with van der Waals surface area (Å²) in [6.07, 6.45) is 12.1. The Bertz CT molecular complexity index is 1060. The molecular weight excluding hydrogens is 350 g/mol. The van der Waals surface area contributed by atoms with Crippen molar-refractivity contribution in [1.82, 2.24) is 9.55 Å². The number of imidazole rings is 1. The summed E-state index contributed by atoms with van der Waals surface area (Å²) in [4.78, 5) is 28.3. The van der Waals surface area contributed by atoms with Gasteiger partial charge in [0, 0.05) is 32.1 Å². The Morgan fingerprint density at radius 3 is 2.50 bits per heavy atom. The lowest BCUT2D eigenvalue weighted by Crippen LogP contribution is -2.14. The topological polar surface area (TPSA) is 64.0 Å². The Kier molecular flexibility index (Phi) is 5.83. The molecule has 28 heavy (non-hydrogen) atoms. The van der Waals surface area contributed by atoms with Crippen LogP contribution < -0.4 is 5.32 Å². The Balaban J connectivity index is 0.00000300. The van der Waals surface area contributed by atoms with Gasteiger partial charge < -0.3 is 9.88 Å². The fourth-order valence-electron chi connectivity index (χ4n) is 2.64. The minimum atomic E-state index is -0.160. The second-order valence-corrected chi connectivity index (χ2v) is 6.25. The SMILES string of the molecule is C#Cc1ccc(NC(=O)Cc2ccc(/C=C/C(=O)c3nccn3C)cc2)cc1.[HH]. The number of nitrogens with zero attached hydrogens (tertiary/aromatic N) is 2. The summed E-state index contributed by atoms with van der Waals surface area (Å²) in [5.41, 5.74) is 3.22. The molecule has 3 rings (SSSR count). The first-order chi connectivity index (χ1) is 13.5. The van der Waals surface area contributed by atoms with Crippen molar-refractivity contribution in [3.05, 3.63) is 89.5 Å². The van der Waals surface area contributed by atoms with Gasteiger partial charge in [-0.15, -0.1) is 6.42 Å². The van der Waals surface area contributed by atoms with E-state index in [-0.39, 0.29) is 19.5 Å².